The van der Waals surface area contributed by atoms with E-state index in [1.807, 2.05) is 20.8 Å². The van der Waals surface area contributed by atoms with Crippen LogP contribution in [0.15, 0.2) is 4.34 Å². The van der Waals surface area contributed by atoms with Crippen LogP contribution >= 0.6 is 34.9 Å². The van der Waals surface area contributed by atoms with Gasteiger partial charge in [0.05, 0.1) is 4.75 Å². The van der Waals surface area contributed by atoms with Gasteiger partial charge in [0.2, 0.25) is 11.8 Å². The van der Waals surface area contributed by atoms with Gasteiger partial charge in [-0.2, -0.15) is 0 Å². The summed E-state index contributed by atoms with van der Waals surface area (Å²) in [7, 11) is 0. The van der Waals surface area contributed by atoms with E-state index in [0.717, 1.165) is 21.5 Å². The molecule has 1 aliphatic heterocycles. The summed E-state index contributed by atoms with van der Waals surface area (Å²) >= 11 is 4.74. The van der Waals surface area contributed by atoms with Crippen molar-refractivity contribution < 1.29 is 9.59 Å². The minimum Gasteiger partial charge on any atom is -0.354 e. The molecule has 1 aromatic heterocycles. The van der Waals surface area contributed by atoms with Gasteiger partial charge in [-0.15, -0.1) is 22.0 Å². The molecule has 1 aliphatic rings. The maximum Gasteiger partial charge on any atom is 0.243 e. The van der Waals surface area contributed by atoms with Gasteiger partial charge in [0.1, 0.15) is 11.0 Å². The molecule has 9 heteroatoms. The molecular weight excluding hydrogens is 340 g/mol. The minimum atomic E-state index is -0.451. The topological polar surface area (TPSA) is 84.0 Å². The van der Waals surface area contributed by atoms with Gasteiger partial charge in [-0.05, 0) is 27.2 Å². The zero-order chi connectivity index (χ0) is 16.2. The van der Waals surface area contributed by atoms with Gasteiger partial charge in [-0.1, -0.05) is 23.1 Å². The Morgan fingerprint density at radius 2 is 2.27 bits per heavy atom. The minimum absolute atomic E-state index is 0.0777. The SMILES string of the molecule is Cc1nnc(SCCCNC(=O)[C@@H]2CSC(C)(C)C(=O)N2)s1. The van der Waals surface area contributed by atoms with Gasteiger partial charge in [0, 0.05) is 18.1 Å². The van der Waals surface area contributed by atoms with E-state index in [9.17, 15) is 9.59 Å². The van der Waals surface area contributed by atoms with E-state index in [0.29, 0.717) is 12.3 Å². The molecule has 2 N–H and O–H groups in total. The summed E-state index contributed by atoms with van der Waals surface area (Å²) in [5, 5.41) is 14.6. The van der Waals surface area contributed by atoms with Crippen molar-refractivity contribution in [3.05, 3.63) is 5.01 Å². The van der Waals surface area contributed by atoms with Crippen molar-refractivity contribution in [1.29, 1.82) is 0 Å². The quantitative estimate of drug-likeness (QED) is 0.590. The van der Waals surface area contributed by atoms with Crippen molar-refractivity contribution in [3.8, 4) is 0 Å². The molecule has 0 bridgehead atoms. The summed E-state index contributed by atoms with van der Waals surface area (Å²) in [5.41, 5.74) is 0. The second kappa shape index (κ2) is 7.65. The molecule has 0 spiro atoms. The maximum absolute atomic E-state index is 12.0. The Morgan fingerprint density at radius 3 is 2.91 bits per heavy atom. The average molecular weight is 361 g/mol. The highest BCUT2D eigenvalue weighted by molar-refractivity contribution is 8.01. The molecule has 1 aromatic rings. The molecule has 2 heterocycles. The summed E-state index contributed by atoms with van der Waals surface area (Å²) in [5.74, 6) is 1.32. The molecule has 2 amide bonds. The largest absolute Gasteiger partial charge is 0.354 e. The van der Waals surface area contributed by atoms with E-state index in [4.69, 9.17) is 0 Å². The number of hydrogen-bond acceptors (Lipinski definition) is 7. The van der Waals surface area contributed by atoms with Crippen molar-refractivity contribution in [1.82, 2.24) is 20.8 Å². The van der Waals surface area contributed by atoms with Crippen LogP contribution in [0.25, 0.3) is 0 Å². The van der Waals surface area contributed by atoms with Crippen LogP contribution in [0.1, 0.15) is 25.3 Å². The molecule has 1 saturated heterocycles. The van der Waals surface area contributed by atoms with Crippen LogP contribution in [0, 0.1) is 6.92 Å². The molecule has 6 nitrogen and oxygen atoms in total. The number of nitrogens with zero attached hydrogens (tertiary/aromatic N) is 2. The van der Waals surface area contributed by atoms with Crippen molar-refractivity contribution in [2.75, 3.05) is 18.1 Å². The van der Waals surface area contributed by atoms with E-state index >= 15 is 0 Å². The van der Waals surface area contributed by atoms with Gasteiger partial charge < -0.3 is 10.6 Å². The second-order valence-electron chi connectivity index (χ2n) is 5.43. The maximum atomic E-state index is 12.0. The molecule has 0 saturated carbocycles. The molecule has 122 valence electrons. The lowest BCUT2D eigenvalue weighted by Gasteiger charge is -2.32. The van der Waals surface area contributed by atoms with Gasteiger partial charge in [-0.3, -0.25) is 9.59 Å². The lowest BCUT2D eigenvalue weighted by molar-refractivity contribution is -0.129. The first-order valence-corrected chi connectivity index (χ1v) is 9.83. The Balaban J connectivity index is 1.63. The van der Waals surface area contributed by atoms with Crippen LogP contribution in [0.4, 0.5) is 0 Å². The third-order valence-corrected chi connectivity index (χ3v) is 6.60. The first kappa shape index (κ1) is 17.6. The average Bonchev–Trinajstić information content (AvgIpc) is 2.87. The Bertz CT molecular complexity index is 547. The van der Waals surface area contributed by atoms with E-state index in [1.165, 1.54) is 11.8 Å². The predicted molar refractivity (Wildman–Crippen MR) is 91.5 cm³/mol. The molecule has 1 fully saturated rings. The molecule has 0 unspecified atom stereocenters. The standard InChI is InChI=1S/C13H20N4O2S3/c1-8-16-17-12(22-8)20-6-4-5-14-10(18)9-7-21-13(2,3)11(19)15-9/h9H,4-7H2,1-3H3,(H,14,18)(H,15,19)/t9-/m0/s1. The second-order valence-corrected chi connectivity index (χ2v) is 9.59. The van der Waals surface area contributed by atoms with Crippen LogP contribution in [0.3, 0.4) is 0 Å². The van der Waals surface area contributed by atoms with Crippen molar-refractivity contribution in [2.24, 2.45) is 0 Å². The number of thioether (sulfide) groups is 2. The summed E-state index contributed by atoms with van der Waals surface area (Å²) in [6.07, 6.45) is 0.855. The van der Waals surface area contributed by atoms with Gasteiger partial charge in [0.15, 0.2) is 4.34 Å². The summed E-state index contributed by atoms with van der Waals surface area (Å²) in [4.78, 5) is 23.9. The number of aryl methyl sites for hydroxylation is 1. The lowest BCUT2D eigenvalue weighted by atomic mass is 10.1. The van der Waals surface area contributed by atoms with E-state index in [-0.39, 0.29) is 11.8 Å². The third-order valence-electron chi connectivity index (χ3n) is 3.13. The fourth-order valence-corrected chi connectivity index (χ4v) is 4.61. The number of carbonyl (C=O) groups is 2. The summed E-state index contributed by atoms with van der Waals surface area (Å²) < 4.78 is 0.509. The van der Waals surface area contributed by atoms with Crippen LogP contribution < -0.4 is 10.6 Å². The third kappa shape index (κ3) is 4.85. The fourth-order valence-electron chi connectivity index (χ4n) is 1.78. The van der Waals surface area contributed by atoms with Gasteiger partial charge in [-0.25, -0.2) is 0 Å². The predicted octanol–water partition coefficient (Wildman–Crippen LogP) is 1.46. The highest BCUT2D eigenvalue weighted by Gasteiger charge is 2.37. The Kier molecular flexibility index (Phi) is 6.10. The molecule has 0 aromatic carbocycles. The Labute approximate surface area is 142 Å². The number of amides is 2. The smallest absolute Gasteiger partial charge is 0.243 e. The van der Waals surface area contributed by atoms with Crippen LogP contribution in [0.5, 0.6) is 0 Å². The molecule has 0 aliphatic carbocycles. The van der Waals surface area contributed by atoms with Crippen LogP contribution in [-0.4, -0.2) is 50.9 Å². The number of aromatic nitrogens is 2. The van der Waals surface area contributed by atoms with Crippen molar-refractivity contribution in [2.45, 2.75) is 42.3 Å². The molecule has 1 atom stereocenters. The monoisotopic (exact) mass is 360 g/mol. The number of carbonyl (C=O) groups excluding carboxylic acids is 2. The Hall–Kier alpha value is -0.800. The zero-order valence-electron chi connectivity index (χ0n) is 12.8. The molecule has 2 rings (SSSR count). The summed E-state index contributed by atoms with van der Waals surface area (Å²) in [6.45, 7) is 6.27. The van der Waals surface area contributed by atoms with Gasteiger partial charge >= 0.3 is 0 Å². The Morgan fingerprint density at radius 1 is 1.50 bits per heavy atom. The highest BCUT2D eigenvalue weighted by Crippen LogP contribution is 2.29. The fraction of sp³-hybridized carbons (Fsp3) is 0.692. The molecular formula is C13H20N4O2S3. The van der Waals surface area contributed by atoms with E-state index in [1.54, 1.807) is 23.1 Å². The number of hydrogen-bond donors (Lipinski definition) is 2. The van der Waals surface area contributed by atoms with Crippen molar-refractivity contribution in [3.63, 3.8) is 0 Å². The molecule has 22 heavy (non-hydrogen) atoms. The highest BCUT2D eigenvalue weighted by atomic mass is 32.2. The van der Waals surface area contributed by atoms with Crippen LogP contribution in [0.2, 0.25) is 0 Å². The lowest BCUT2D eigenvalue weighted by Crippen LogP contribution is -2.57. The normalized spacial score (nSPS) is 20.5. The first-order valence-electron chi connectivity index (χ1n) is 7.04. The zero-order valence-corrected chi connectivity index (χ0v) is 15.3. The van der Waals surface area contributed by atoms with Crippen molar-refractivity contribution >= 4 is 46.7 Å². The number of nitrogens with one attached hydrogen (secondary N) is 2. The summed E-state index contributed by atoms with van der Waals surface area (Å²) in [6, 6.07) is -0.427. The van der Waals surface area contributed by atoms with Crippen LogP contribution in [-0.2, 0) is 9.59 Å². The van der Waals surface area contributed by atoms with E-state index in [2.05, 4.69) is 20.8 Å². The molecule has 0 radical (unpaired) electrons. The first-order chi connectivity index (χ1) is 10.4. The number of rotatable bonds is 6. The van der Waals surface area contributed by atoms with E-state index < -0.39 is 10.8 Å². The van der Waals surface area contributed by atoms with Gasteiger partial charge in [0.25, 0.3) is 0 Å².